The van der Waals surface area contributed by atoms with Crippen molar-refractivity contribution in [2.45, 2.75) is 6.42 Å². The van der Waals surface area contributed by atoms with Crippen LogP contribution in [0.3, 0.4) is 0 Å². The molecule has 5 nitrogen and oxygen atoms in total. The molecule has 1 N–H and O–H groups in total. The summed E-state index contributed by atoms with van der Waals surface area (Å²) in [5.74, 6) is 0.239. The standard InChI is InChI=1S/C26H26N2O3/c1-28(25(29)17-16-21-12-6-9-15-24(21)31-2)23-14-8-7-13-22(23)26(30)27-19-18-20-10-4-3-5-11-20/h3-17H,18-19H2,1-2H3,(H,27,30). The molecule has 0 atom stereocenters. The van der Waals surface area contributed by atoms with Crippen LogP contribution in [-0.2, 0) is 11.2 Å². The molecule has 0 aliphatic rings. The maximum absolute atomic E-state index is 12.8. The van der Waals surface area contributed by atoms with Gasteiger partial charge in [-0.1, -0.05) is 60.7 Å². The van der Waals surface area contributed by atoms with Gasteiger partial charge in [-0.15, -0.1) is 0 Å². The van der Waals surface area contributed by atoms with Crippen LogP contribution < -0.4 is 15.0 Å². The molecule has 0 spiro atoms. The van der Waals surface area contributed by atoms with E-state index < -0.39 is 0 Å². The van der Waals surface area contributed by atoms with Gasteiger partial charge in [-0.2, -0.15) is 0 Å². The maximum atomic E-state index is 12.8. The number of hydrogen-bond acceptors (Lipinski definition) is 3. The Hall–Kier alpha value is -3.86. The largest absolute Gasteiger partial charge is 0.496 e. The average molecular weight is 415 g/mol. The van der Waals surface area contributed by atoms with Gasteiger partial charge in [0.1, 0.15) is 5.75 Å². The number of rotatable bonds is 8. The first-order valence-corrected chi connectivity index (χ1v) is 10.1. The van der Waals surface area contributed by atoms with Crippen LogP contribution >= 0.6 is 0 Å². The number of anilines is 1. The SMILES string of the molecule is COc1ccccc1C=CC(=O)N(C)c1ccccc1C(=O)NCCc1ccccc1. The third-order valence-electron chi connectivity index (χ3n) is 4.93. The minimum absolute atomic E-state index is 0.208. The number of nitrogens with zero attached hydrogens (tertiary/aromatic N) is 1. The predicted molar refractivity (Wildman–Crippen MR) is 124 cm³/mol. The Labute approximate surface area is 183 Å². The Morgan fingerprint density at radius 2 is 1.61 bits per heavy atom. The van der Waals surface area contributed by atoms with E-state index in [9.17, 15) is 9.59 Å². The first kappa shape index (κ1) is 21.8. The third kappa shape index (κ3) is 5.82. The van der Waals surface area contributed by atoms with Crippen LogP contribution in [0.2, 0.25) is 0 Å². The molecule has 2 amide bonds. The summed E-state index contributed by atoms with van der Waals surface area (Å²) in [6, 6.07) is 24.5. The molecule has 0 heterocycles. The second-order valence-electron chi connectivity index (χ2n) is 6.98. The molecule has 0 saturated heterocycles. The molecule has 0 aliphatic carbocycles. The molecule has 3 aromatic carbocycles. The topological polar surface area (TPSA) is 58.6 Å². The van der Waals surface area contributed by atoms with Crippen LogP contribution in [-0.4, -0.2) is 32.5 Å². The molecular formula is C26H26N2O3. The first-order chi connectivity index (χ1) is 15.1. The van der Waals surface area contributed by atoms with Gasteiger partial charge in [0.15, 0.2) is 0 Å². The lowest BCUT2D eigenvalue weighted by Gasteiger charge is -2.19. The zero-order valence-electron chi connectivity index (χ0n) is 17.7. The molecule has 0 aromatic heterocycles. The fourth-order valence-corrected chi connectivity index (χ4v) is 3.21. The molecule has 0 aliphatic heterocycles. The van der Waals surface area contributed by atoms with Crippen molar-refractivity contribution in [1.29, 1.82) is 0 Å². The Morgan fingerprint density at radius 3 is 2.39 bits per heavy atom. The van der Waals surface area contributed by atoms with E-state index in [1.54, 1.807) is 38.4 Å². The van der Waals surface area contributed by atoms with Crippen LogP contribution in [0.1, 0.15) is 21.5 Å². The number of amides is 2. The van der Waals surface area contributed by atoms with Gasteiger partial charge in [-0.3, -0.25) is 9.59 Å². The van der Waals surface area contributed by atoms with Gasteiger partial charge in [0.2, 0.25) is 0 Å². The summed E-state index contributed by atoms with van der Waals surface area (Å²) in [4.78, 5) is 27.0. The van der Waals surface area contributed by atoms with Gasteiger partial charge in [-0.25, -0.2) is 0 Å². The monoisotopic (exact) mass is 414 g/mol. The van der Waals surface area contributed by atoms with Crippen molar-refractivity contribution in [1.82, 2.24) is 5.32 Å². The van der Waals surface area contributed by atoms with E-state index in [1.165, 1.54) is 11.0 Å². The summed E-state index contributed by atoms with van der Waals surface area (Å²) >= 11 is 0. The van der Waals surface area contributed by atoms with E-state index in [4.69, 9.17) is 4.74 Å². The fourth-order valence-electron chi connectivity index (χ4n) is 3.21. The van der Waals surface area contributed by atoms with Crippen molar-refractivity contribution >= 4 is 23.6 Å². The Balaban J connectivity index is 1.68. The van der Waals surface area contributed by atoms with E-state index in [2.05, 4.69) is 5.32 Å². The number of likely N-dealkylation sites (N-methyl/N-ethyl adjacent to an activating group) is 1. The second kappa shape index (κ2) is 10.8. The quantitative estimate of drug-likeness (QED) is 0.558. The molecule has 5 heteroatoms. The van der Waals surface area contributed by atoms with E-state index in [-0.39, 0.29) is 11.8 Å². The molecule has 0 unspecified atom stereocenters. The molecule has 0 fully saturated rings. The van der Waals surface area contributed by atoms with Crippen LogP contribution in [0.15, 0.2) is 84.9 Å². The Morgan fingerprint density at radius 1 is 0.935 bits per heavy atom. The number of para-hydroxylation sites is 2. The molecule has 3 rings (SSSR count). The highest BCUT2D eigenvalue weighted by Gasteiger charge is 2.17. The minimum Gasteiger partial charge on any atom is -0.496 e. The highest BCUT2D eigenvalue weighted by Crippen LogP contribution is 2.21. The maximum Gasteiger partial charge on any atom is 0.253 e. The van der Waals surface area contributed by atoms with Gasteiger partial charge in [0, 0.05) is 25.2 Å². The van der Waals surface area contributed by atoms with Crippen LogP contribution in [0.5, 0.6) is 5.75 Å². The Kier molecular flexibility index (Phi) is 7.60. The molecule has 0 saturated carbocycles. The predicted octanol–water partition coefficient (Wildman–Crippen LogP) is 4.34. The lowest BCUT2D eigenvalue weighted by Crippen LogP contribution is -2.30. The molecular weight excluding hydrogens is 388 g/mol. The van der Waals surface area contributed by atoms with Crippen molar-refractivity contribution in [2.75, 3.05) is 25.6 Å². The van der Waals surface area contributed by atoms with Crippen molar-refractivity contribution < 1.29 is 14.3 Å². The van der Waals surface area contributed by atoms with Crippen molar-refractivity contribution in [2.24, 2.45) is 0 Å². The molecule has 31 heavy (non-hydrogen) atoms. The second-order valence-corrected chi connectivity index (χ2v) is 6.98. The molecule has 3 aromatic rings. The fraction of sp³-hybridized carbons (Fsp3) is 0.154. The number of nitrogens with one attached hydrogen (secondary N) is 1. The van der Waals surface area contributed by atoms with Crippen LogP contribution in [0.25, 0.3) is 6.08 Å². The molecule has 0 bridgehead atoms. The lowest BCUT2D eigenvalue weighted by atomic mass is 10.1. The number of ether oxygens (including phenoxy) is 1. The summed E-state index contributed by atoms with van der Waals surface area (Å²) in [5, 5.41) is 2.94. The Bertz CT molecular complexity index is 1060. The van der Waals surface area contributed by atoms with Gasteiger partial charge in [0.05, 0.1) is 18.4 Å². The summed E-state index contributed by atoms with van der Waals surface area (Å²) in [5.41, 5.74) is 2.97. The van der Waals surface area contributed by atoms with Gasteiger partial charge >= 0.3 is 0 Å². The lowest BCUT2D eigenvalue weighted by molar-refractivity contribution is -0.113. The highest BCUT2D eigenvalue weighted by molar-refractivity contribution is 6.08. The van der Waals surface area contributed by atoms with Crippen LogP contribution in [0, 0.1) is 0 Å². The van der Waals surface area contributed by atoms with Crippen LogP contribution in [0.4, 0.5) is 5.69 Å². The minimum atomic E-state index is -0.240. The normalized spacial score (nSPS) is 10.6. The number of methoxy groups -OCH3 is 1. The van der Waals surface area contributed by atoms with E-state index in [1.807, 2.05) is 60.7 Å². The number of carbonyl (C=O) groups excluding carboxylic acids is 2. The van der Waals surface area contributed by atoms with Crippen molar-refractivity contribution in [3.05, 3.63) is 102 Å². The van der Waals surface area contributed by atoms with E-state index >= 15 is 0 Å². The van der Waals surface area contributed by atoms with Gasteiger partial charge < -0.3 is 15.0 Å². The third-order valence-corrected chi connectivity index (χ3v) is 4.93. The smallest absolute Gasteiger partial charge is 0.253 e. The summed E-state index contributed by atoms with van der Waals surface area (Å²) in [7, 11) is 3.25. The zero-order valence-corrected chi connectivity index (χ0v) is 17.7. The number of carbonyl (C=O) groups is 2. The van der Waals surface area contributed by atoms with Gasteiger partial charge in [-0.05, 0) is 36.3 Å². The molecule has 158 valence electrons. The van der Waals surface area contributed by atoms with E-state index in [0.717, 1.165) is 17.5 Å². The first-order valence-electron chi connectivity index (χ1n) is 10.1. The number of hydrogen-bond donors (Lipinski definition) is 1. The van der Waals surface area contributed by atoms with Crippen molar-refractivity contribution in [3.8, 4) is 5.75 Å². The van der Waals surface area contributed by atoms with Crippen molar-refractivity contribution in [3.63, 3.8) is 0 Å². The molecule has 0 radical (unpaired) electrons. The van der Waals surface area contributed by atoms with E-state index in [0.29, 0.717) is 23.5 Å². The zero-order chi connectivity index (χ0) is 22.1. The van der Waals surface area contributed by atoms with Gasteiger partial charge in [0.25, 0.3) is 11.8 Å². The average Bonchev–Trinajstić information content (AvgIpc) is 2.82. The summed E-state index contributed by atoms with van der Waals surface area (Å²) in [6.07, 6.45) is 3.92. The highest BCUT2D eigenvalue weighted by atomic mass is 16.5. The summed E-state index contributed by atoms with van der Waals surface area (Å²) in [6.45, 7) is 0.516. The number of benzene rings is 3. The summed E-state index contributed by atoms with van der Waals surface area (Å²) < 4.78 is 5.31.